The predicted molar refractivity (Wildman–Crippen MR) is 72.0 cm³/mol. The number of aryl methyl sites for hydroxylation is 2. The van der Waals surface area contributed by atoms with Crippen LogP contribution in [0.5, 0.6) is 0 Å². The van der Waals surface area contributed by atoms with Crippen molar-refractivity contribution in [1.82, 2.24) is 0 Å². The lowest BCUT2D eigenvalue weighted by molar-refractivity contribution is 0.513. The van der Waals surface area contributed by atoms with Gasteiger partial charge in [-0.2, -0.15) is 0 Å². The molecule has 0 aromatic heterocycles. The molecule has 0 unspecified atom stereocenters. The van der Waals surface area contributed by atoms with Crippen molar-refractivity contribution in [1.29, 1.82) is 0 Å². The Hall–Kier alpha value is -2.02. The Labute approximate surface area is 102 Å². The molecule has 2 aromatic rings. The van der Waals surface area contributed by atoms with E-state index in [0.717, 1.165) is 24.0 Å². The molecule has 2 aromatic carbocycles. The number of benzene rings is 2. The Morgan fingerprint density at radius 3 is 2.24 bits per heavy atom. The van der Waals surface area contributed by atoms with Gasteiger partial charge in [-0.25, -0.2) is 0 Å². The van der Waals surface area contributed by atoms with Crippen LogP contribution in [0.2, 0.25) is 0 Å². The van der Waals surface area contributed by atoms with Gasteiger partial charge in [0.1, 0.15) is 5.76 Å². The molecule has 1 nitrogen and oxygen atoms in total. The topological polar surface area (TPSA) is 20.2 Å². The van der Waals surface area contributed by atoms with Crippen LogP contribution in [-0.4, -0.2) is 5.11 Å². The number of hydrogen-bond acceptors (Lipinski definition) is 1. The Morgan fingerprint density at radius 1 is 0.882 bits per heavy atom. The van der Waals surface area contributed by atoms with E-state index in [1.165, 1.54) is 5.56 Å². The lowest BCUT2D eigenvalue weighted by Gasteiger charge is -2.08. The Bertz CT molecular complexity index is 500. The van der Waals surface area contributed by atoms with Crippen molar-refractivity contribution in [3.63, 3.8) is 0 Å². The summed E-state index contributed by atoms with van der Waals surface area (Å²) >= 11 is 0. The molecule has 0 aliphatic rings. The van der Waals surface area contributed by atoms with Crippen LogP contribution in [-0.2, 0) is 12.8 Å². The summed E-state index contributed by atoms with van der Waals surface area (Å²) in [4.78, 5) is 0. The molecular weight excluding hydrogens is 208 g/mol. The van der Waals surface area contributed by atoms with E-state index in [4.69, 9.17) is 0 Å². The summed E-state index contributed by atoms with van der Waals surface area (Å²) in [5, 5.41) is 9.51. The third kappa shape index (κ3) is 2.97. The van der Waals surface area contributed by atoms with Gasteiger partial charge in [-0.3, -0.25) is 0 Å². The lowest BCUT2D eigenvalue weighted by atomic mass is 9.99. The summed E-state index contributed by atoms with van der Waals surface area (Å²) in [5.74, 6) is 0.147. The van der Waals surface area contributed by atoms with Crippen LogP contribution in [0.25, 0.3) is 5.76 Å². The molecule has 1 heteroatoms. The van der Waals surface area contributed by atoms with E-state index < -0.39 is 0 Å². The summed E-state index contributed by atoms with van der Waals surface area (Å²) in [6.45, 7) is 3.60. The Balaban J connectivity index is 2.12. The highest BCUT2D eigenvalue weighted by atomic mass is 16.3. The minimum Gasteiger partial charge on any atom is -0.508 e. The SMILES string of the molecule is C=C(O)c1ccccc1CCc1ccccc1. The van der Waals surface area contributed by atoms with E-state index >= 15 is 0 Å². The van der Waals surface area contributed by atoms with Gasteiger partial charge in [-0.15, -0.1) is 0 Å². The fourth-order valence-corrected chi connectivity index (χ4v) is 1.94. The van der Waals surface area contributed by atoms with Crippen LogP contribution in [0.1, 0.15) is 16.7 Å². The Kier molecular flexibility index (Phi) is 3.61. The van der Waals surface area contributed by atoms with Crippen molar-refractivity contribution in [2.75, 3.05) is 0 Å². The van der Waals surface area contributed by atoms with Gasteiger partial charge in [0.15, 0.2) is 0 Å². The zero-order valence-corrected chi connectivity index (χ0v) is 9.76. The van der Waals surface area contributed by atoms with Crippen molar-refractivity contribution < 1.29 is 5.11 Å². The zero-order valence-electron chi connectivity index (χ0n) is 9.76. The summed E-state index contributed by atoms with van der Waals surface area (Å²) in [5.41, 5.74) is 3.30. The van der Waals surface area contributed by atoms with Crippen LogP contribution in [0.3, 0.4) is 0 Å². The van der Waals surface area contributed by atoms with Crippen molar-refractivity contribution in [2.45, 2.75) is 12.8 Å². The highest BCUT2D eigenvalue weighted by molar-refractivity contribution is 5.59. The van der Waals surface area contributed by atoms with Crippen molar-refractivity contribution in [3.8, 4) is 0 Å². The van der Waals surface area contributed by atoms with Crippen molar-refractivity contribution >= 4 is 5.76 Å². The molecule has 0 radical (unpaired) electrons. The average Bonchev–Trinajstić information content (AvgIpc) is 2.38. The number of aliphatic hydroxyl groups excluding tert-OH is 1. The fourth-order valence-electron chi connectivity index (χ4n) is 1.94. The quantitative estimate of drug-likeness (QED) is 0.778. The smallest absolute Gasteiger partial charge is 0.115 e. The third-order valence-electron chi connectivity index (χ3n) is 2.85. The molecule has 0 amide bonds. The van der Waals surface area contributed by atoms with Gasteiger partial charge in [0.05, 0.1) is 0 Å². The number of hydrogen-bond donors (Lipinski definition) is 1. The van der Waals surface area contributed by atoms with E-state index in [2.05, 4.69) is 18.7 Å². The molecule has 0 fully saturated rings. The Morgan fingerprint density at radius 2 is 1.53 bits per heavy atom. The second-order valence-electron chi connectivity index (χ2n) is 4.09. The monoisotopic (exact) mass is 224 g/mol. The van der Waals surface area contributed by atoms with Crippen LogP contribution >= 0.6 is 0 Å². The highest BCUT2D eigenvalue weighted by Crippen LogP contribution is 2.17. The molecule has 86 valence electrons. The average molecular weight is 224 g/mol. The van der Waals surface area contributed by atoms with Gasteiger partial charge in [-0.05, 0) is 24.0 Å². The van der Waals surface area contributed by atoms with Gasteiger partial charge in [0.25, 0.3) is 0 Å². The first-order chi connectivity index (χ1) is 8.27. The second-order valence-corrected chi connectivity index (χ2v) is 4.09. The molecule has 0 saturated carbocycles. The molecule has 0 saturated heterocycles. The molecule has 1 N–H and O–H groups in total. The minimum atomic E-state index is 0.147. The largest absolute Gasteiger partial charge is 0.508 e. The maximum absolute atomic E-state index is 9.51. The van der Waals surface area contributed by atoms with Crippen LogP contribution in [0.4, 0.5) is 0 Å². The lowest BCUT2D eigenvalue weighted by Crippen LogP contribution is -1.96. The number of rotatable bonds is 4. The maximum Gasteiger partial charge on any atom is 0.115 e. The van der Waals surface area contributed by atoms with Gasteiger partial charge in [-0.1, -0.05) is 61.2 Å². The predicted octanol–water partition coefficient (Wildman–Crippen LogP) is 4.00. The molecular formula is C16H16O. The van der Waals surface area contributed by atoms with Crippen molar-refractivity contribution in [2.24, 2.45) is 0 Å². The summed E-state index contributed by atoms with van der Waals surface area (Å²) in [6, 6.07) is 18.2. The molecule has 2 rings (SSSR count). The summed E-state index contributed by atoms with van der Waals surface area (Å²) in [7, 11) is 0. The van der Waals surface area contributed by atoms with E-state index in [0.29, 0.717) is 0 Å². The summed E-state index contributed by atoms with van der Waals surface area (Å²) < 4.78 is 0. The standard InChI is InChI=1S/C16H16O/c1-13(17)16-10-6-5-9-15(16)12-11-14-7-3-2-4-8-14/h2-10,17H,1,11-12H2. The maximum atomic E-state index is 9.51. The fraction of sp³-hybridized carbons (Fsp3) is 0.125. The van der Waals surface area contributed by atoms with Gasteiger partial charge in [0.2, 0.25) is 0 Å². The molecule has 0 aliphatic carbocycles. The molecule has 0 heterocycles. The van der Waals surface area contributed by atoms with Crippen molar-refractivity contribution in [3.05, 3.63) is 77.9 Å². The second kappa shape index (κ2) is 5.35. The van der Waals surface area contributed by atoms with Crippen LogP contribution < -0.4 is 0 Å². The highest BCUT2D eigenvalue weighted by Gasteiger charge is 2.04. The molecule has 0 aliphatic heterocycles. The van der Waals surface area contributed by atoms with Gasteiger partial charge < -0.3 is 5.11 Å². The molecule has 0 atom stereocenters. The van der Waals surface area contributed by atoms with Gasteiger partial charge in [0, 0.05) is 5.56 Å². The van der Waals surface area contributed by atoms with E-state index in [1.54, 1.807) is 0 Å². The normalized spacial score (nSPS) is 10.1. The zero-order chi connectivity index (χ0) is 12.1. The van der Waals surface area contributed by atoms with Gasteiger partial charge >= 0.3 is 0 Å². The summed E-state index contributed by atoms with van der Waals surface area (Å²) in [6.07, 6.45) is 1.89. The van der Waals surface area contributed by atoms with E-state index in [9.17, 15) is 5.11 Å². The minimum absolute atomic E-state index is 0.147. The van der Waals surface area contributed by atoms with Crippen LogP contribution in [0, 0.1) is 0 Å². The molecule has 17 heavy (non-hydrogen) atoms. The number of aliphatic hydroxyl groups is 1. The van der Waals surface area contributed by atoms with Crippen LogP contribution in [0.15, 0.2) is 61.2 Å². The van der Waals surface area contributed by atoms with E-state index in [-0.39, 0.29) is 5.76 Å². The van der Waals surface area contributed by atoms with E-state index in [1.807, 2.05) is 42.5 Å². The first kappa shape index (κ1) is 11.5. The first-order valence-electron chi connectivity index (χ1n) is 5.77. The molecule has 0 spiro atoms. The molecule has 0 bridgehead atoms. The third-order valence-corrected chi connectivity index (χ3v) is 2.85. The first-order valence-corrected chi connectivity index (χ1v) is 5.77.